The minimum absolute atomic E-state index is 0.0382. The molecule has 0 heterocycles. The Kier molecular flexibility index (Phi) is 4.15. The van der Waals surface area contributed by atoms with E-state index in [0.29, 0.717) is 4.47 Å². The first kappa shape index (κ1) is 14.6. The van der Waals surface area contributed by atoms with Gasteiger partial charge in [-0.2, -0.15) is 0 Å². The third kappa shape index (κ3) is 3.02. The number of rotatable bonds is 3. The number of halogens is 3. The highest BCUT2D eigenvalue weighted by Gasteiger charge is 2.12. The Bertz CT molecular complexity index is 694. The van der Waals surface area contributed by atoms with Crippen LogP contribution in [0.25, 0.3) is 0 Å². The zero-order valence-corrected chi connectivity index (χ0v) is 12.2. The molecule has 0 bridgehead atoms. The molecule has 0 radical (unpaired) electrons. The first-order valence-corrected chi connectivity index (χ1v) is 6.51. The third-order valence-electron chi connectivity index (χ3n) is 2.45. The SMILES string of the molecule is Nc1cc(C(=O)O)ccc1Oc1cc(F)c(Cl)cc1Br. The predicted octanol–water partition coefficient (Wildman–Crippen LogP) is 4.31. The van der Waals surface area contributed by atoms with Crippen LogP contribution < -0.4 is 10.5 Å². The van der Waals surface area contributed by atoms with Gasteiger partial charge in [0.1, 0.15) is 17.3 Å². The van der Waals surface area contributed by atoms with Crippen molar-refractivity contribution in [2.45, 2.75) is 0 Å². The van der Waals surface area contributed by atoms with Crippen LogP contribution in [0.2, 0.25) is 5.02 Å². The van der Waals surface area contributed by atoms with Crippen LogP contribution in [0.1, 0.15) is 10.4 Å². The molecule has 0 spiro atoms. The second kappa shape index (κ2) is 5.68. The fraction of sp³-hybridized carbons (Fsp3) is 0. The van der Waals surface area contributed by atoms with Crippen LogP contribution in [0.4, 0.5) is 10.1 Å². The van der Waals surface area contributed by atoms with Gasteiger partial charge < -0.3 is 15.6 Å². The molecular formula is C13H8BrClFNO3. The average molecular weight is 361 g/mol. The average Bonchev–Trinajstić information content (AvgIpc) is 2.37. The summed E-state index contributed by atoms with van der Waals surface area (Å²) in [5, 5.41) is 8.79. The Morgan fingerprint density at radius 3 is 2.60 bits per heavy atom. The normalized spacial score (nSPS) is 10.3. The van der Waals surface area contributed by atoms with E-state index in [1.807, 2.05) is 0 Å². The van der Waals surface area contributed by atoms with E-state index < -0.39 is 11.8 Å². The van der Waals surface area contributed by atoms with Crippen LogP contribution in [-0.2, 0) is 0 Å². The molecule has 0 aliphatic carbocycles. The Hall–Kier alpha value is -1.79. The molecule has 0 unspecified atom stereocenters. The van der Waals surface area contributed by atoms with E-state index in [9.17, 15) is 9.18 Å². The summed E-state index contributed by atoms with van der Waals surface area (Å²) in [6, 6.07) is 6.47. The third-order valence-corrected chi connectivity index (χ3v) is 3.36. The first-order valence-electron chi connectivity index (χ1n) is 5.33. The largest absolute Gasteiger partial charge is 0.478 e. The van der Waals surface area contributed by atoms with Gasteiger partial charge in [0.05, 0.1) is 20.7 Å². The molecule has 20 heavy (non-hydrogen) atoms. The summed E-state index contributed by atoms with van der Waals surface area (Å²) in [7, 11) is 0. The topological polar surface area (TPSA) is 72.6 Å². The number of aromatic carboxylic acids is 1. The standard InChI is InChI=1S/C13H8BrClFNO3/c14-7-4-8(15)9(16)5-12(7)20-11-2-1-6(13(18)19)3-10(11)17/h1-5H,17H2,(H,18,19). The van der Waals surface area contributed by atoms with Gasteiger partial charge in [0.2, 0.25) is 0 Å². The molecule has 7 heteroatoms. The molecule has 0 fully saturated rings. The van der Waals surface area contributed by atoms with E-state index in [-0.39, 0.29) is 27.8 Å². The summed E-state index contributed by atoms with van der Waals surface area (Å²) in [6.07, 6.45) is 0. The molecule has 0 aliphatic rings. The highest BCUT2D eigenvalue weighted by Crippen LogP contribution is 2.35. The number of carboxylic acid groups (broad SMARTS) is 1. The number of ether oxygens (including phenoxy) is 1. The summed E-state index contributed by atoms with van der Waals surface area (Å²) in [5.41, 5.74) is 5.87. The second-order valence-electron chi connectivity index (χ2n) is 3.86. The second-order valence-corrected chi connectivity index (χ2v) is 5.12. The van der Waals surface area contributed by atoms with Gasteiger partial charge in [-0.3, -0.25) is 0 Å². The number of nitrogen functional groups attached to an aromatic ring is 1. The van der Waals surface area contributed by atoms with Crippen LogP contribution in [0, 0.1) is 5.82 Å². The molecule has 4 nitrogen and oxygen atoms in total. The lowest BCUT2D eigenvalue weighted by atomic mass is 10.2. The molecule has 0 saturated heterocycles. The van der Waals surface area contributed by atoms with Gasteiger partial charge in [0, 0.05) is 6.07 Å². The molecular weight excluding hydrogens is 353 g/mol. The Labute approximate surface area is 127 Å². The van der Waals surface area contributed by atoms with Crippen LogP contribution in [-0.4, -0.2) is 11.1 Å². The monoisotopic (exact) mass is 359 g/mol. The van der Waals surface area contributed by atoms with Crippen molar-refractivity contribution < 1.29 is 19.0 Å². The fourth-order valence-electron chi connectivity index (χ4n) is 1.48. The van der Waals surface area contributed by atoms with Gasteiger partial charge >= 0.3 is 5.97 Å². The van der Waals surface area contributed by atoms with E-state index in [1.165, 1.54) is 24.3 Å². The van der Waals surface area contributed by atoms with Gasteiger partial charge in [-0.05, 0) is 40.2 Å². The van der Waals surface area contributed by atoms with E-state index >= 15 is 0 Å². The maximum Gasteiger partial charge on any atom is 0.335 e. The van der Waals surface area contributed by atoms with E-state index in [2.05, 4.69) is 15.9 Å². The first-order chi connectivity index (χ1) is 9.38. The molecule has 0 aromatic heterocycles. The number of carboxylic acids is 1. The lowest BCUT2D eigenvalue weighted by Gasteiger charge is -2.11. The Morgan fingerprint density at radius 1 is 1.30 bits per heavy atom. The molecule has 2 aromatic rings. The minimum atomic E-state index is -1.10. The number of hydrogen-bond acceptors (Lipinski definition) is 3. The number of nitrogens with two attached hydrogens (primary N) is 1. The van der Waals surface area contributed by atoms with Crippen molar-refractivity contribution >= 4 is 39.2 Å². The molecule has 0 saturated carbocycles. The molecule has 0 atom stereocenters. The fourth-order valence-corrected chi connectivity index (χ4v) is 2.20. The van der Waals surface area contributed by atoms with Gasteiger partial charge in [-0.15, -0.1) is 0 Å². The maximum atomic E-state index is 13.4. The molecule has 2 rings (SSSR count). The number of hydrogen-bond donors (Lipinski definition) is 2. The van der Waals surface area contributed by atoms with E-state index in [0.717, 1.165) is 6.07 Å². The summed E-state index contributed by atoms with van der Waals surface area (Å²) < 4.78 is 19.3. The lowest BCUT2D eigenvalue weighted by Crippen LogP contribution is -1.99. The van der Waals surface area contributed by atoms with Crippen molar-refractivity contribution in [3.05, 3.63) is 51.2 Å². The number of anilines is 1. The van der Waals surface area contributed by atoms with Crippen molar-refractivity contribution in [1.82, 2.24) is 0 Å². The summed E-state index contributed by atoms with van der Waals surface area (Å²) >= 11 is 8.82. The maximum absolute atomic E-state index is 13.4. The van der Waals surface area contributed by atoms with Crippen molar-refractivity contribution in [3.8, 4) is 11.5 Å². The lowest BCUT2D eigenvalue weighted by molar-refractivity contribution is 0.0697. The number of benzene rings is 2. The highest BCUT2D eigenvalue weighted by molar-refractivity contribution is 9.10. The summed E-state index contributed by atoms with van der Waals surface area (Å²) in [6.45, 7) is 0. The van der Waals surface area contributed by atoms with Gasteiger partial charge in [-0.1, -0.05) is 11.6 Å². The minimum Gasteiger partial charge on any atom is -0.478 e. The van der Waals surface area contributed by atoms with Crippen LogP contribution in [0.3, 0.4) is 0 Å². The van der Waals surface area contributed by atoms with Gasteiger partial charge in [0.25, 0.3) is 0 Å². The van der Waals surface area contributed by atoms with Crippen molar-refractivity contribution in [3.63, 3.8) is 0 Å². The van der Waals surface area contributed by atoms with Crippen molar-refractivity contribution in [1.29, 1.82) is 0 Å². The van der Waals surface area contributed by atoms with E-state index in [1.54, 1.807) is 0 Å². The van der Waals surface area contributed by atoms with Crippen LogP contribution in [0.5, 0.6) is 11.5 Å². The van der Waals surface area contributed by atoms with Gasteiger partial charge in [-0.25, -0.2) is 9.18 Å². The highest BCUT2D eigenvalue weighted by atomic mass is 79.9. The molecule has 104 valence electrons. The zero-order valence-electron chi connectivity index (χ0n) is 9.86. The van der Waals surface area contributed by atoms with Crippen molar-refractivity contribution in [2.24, 2.45) is 0 Å². The Balaban J connectivity index is 2.35. The summed E-state index contributed by atoms with van der Waals surface area (Å²) in [4.78, 5) is 10.8. The zero-order chi connectivity index (χ0) is 14.9. The number of carbonyl (C=O) groups is 1. The molecule has 0 amide bonds. The van der Waals surface area contributed by atoms with E-state index in [4.69, 9.17) is 27.2 Å². The smallest absolute Gasteiger partial charge is 0.335 e. The van der Waals surface area contributed by atoms with Gasteiger partial charge in [0.15, 0.2) is 0 Å². The van der Waals surface area contributed by atoms with Crippen LogP contribution in [0.15, 0.2) is 34.8 Å². The van der Waals surface area contributed by atoms with Crippen molar-refractivity contribution in [2.75, 3.05) is 5.73 Å². The van der Waals surface area contributed by atoms with Crippen LogP contribution >= 0.6 is 27.5 Å². The predicted molar refractivity (Wildman–Crippen MR) is 77.0 cm³/mol. The molecule has 0 aliphatic heterocycles. The molecule has 3 N–H and O–H groups in total. The summed E-state index contributed by atoms with van der Waals surface area (Å²) in [5.74, 6) is -1.33. The Morgan fingerprint density at radius 2 is 2.00 bits per heavy atom. The quantitative estimate of drug-likeness (QED) is 0.632. The molecule has 2 aromatic carbocycles.